The maximum absolute atomic E-state index is 12.3. The Morgan fingerprint density at radius 2 is 2.13 bits per heavy atom. The molecule has 23 heavy (non-hydrogen) atoms. The highest BCUT2D eigenvalue weighted by Gasteiger charge is 2.35. The fourth-order valence-electron chi connectivity index (χ4n) is 2.64. The molecule has 126 valence electrons. The molecule has 1 atom stereocenters. The van der Waals surface area contributed by atoms with E-state index in [0.29, 0.717) is 31.1 Å². The zero-order chi connectivity index (χ0) is 16.6. The third kappa shape index (κ3) is 3.78. The molecule has 0 spiro atoms. The standard InChI is InChI=1S/C14H20N4O4S/c1-9-6-12(13(19)20)17-14(16-9)18-5-4-11(8-18)23(21,22)15-7-10-2-3-10/h6,10-11,15H,2-5,7-8H2,1H3,(H,19,20). The number of carboxylic acid groups (broad SMARTS) is 1. The van der Waals surface area contributed by atoms with E-state index in [0.717, 1.165) is 12.8 Å². The van der Waals surface area contributed by atoms with Gasteiger partial charge in [-0.3, -0.25) is 0 Å². The molecule has 2 N–H and O–H groups in total. The van der Waals surface area contributed by atoms with Crippen molar-refractivity contribution in [3.8, 4) is 0 Å². The lowest BCUT2D eigenvalue weighted by Gasteiger charge is -2.17. The summed E-state index contributed by atoms with van der Waals surface area (Å²) in [6.45, 7) is 2.99. The minimum Gasteiger partial charge on any atom is -0.477 e. The summed E-state index contributed by atoms with van der Waals surface area (Å²) in [6.07, 6.45) is 2.67. The van der Waals surface area contributed by atoms with Crippen LogP contribution in [0.3, 0.4) is 0 Å². The lowest BCUT2D eigenvalue weighted by atomic mass is 10.3. The number of nitrogens with zero attached hydrogens (tertiary/aromatic N) is 3. The van der Waals surface area contributed by atoms with Crippen molar-refractivity contribution < 1.29 is 18.3 Å². The first kappa shape index (κ1) is 16.1. The molecule has 9 heteroatoms. The van der Waals surface area contributed by atoms with Crippen LogP contribution < -0.4 is 9.62 Å². The number of nitrogens with one attached hydrogen (secondary N) is 1. The van der Waals surface area contributed by atoms with Gasteiger partial charge in [-0.2, -0.15) is 0 Å². The molecule has 2 heterocycles. The lowest BCUT2D eigenvalue weighted by Crippen LogP contribution is -2.37. The molecule has 2 aliphatic rings. The molecule has 1 saturated carbocycles. The highest BCUT2D eigenvalue weighted by Crippen LogP contribution is 2.28. The van der Waals surface area contributed by atoms with Crippen molar-refractivity contribution in [3.63, 3.8) is 0 Å². The quantitative estimate of drug-likeness (QED) is 0.770. The maximum Gasteiger partial charge on any atom is 0.354 e. The molecule has 2 fully saturated rings. The fraction of sp³-hybridized carbons (Fsp3) is 0.643. The van der Waals surface area contributed by atoms with E-state index in [1.807, 2.05) is 0 Å². The van der Waals surface area contributed by atoms with E-state index < -0.39 is 21.2 Å². The zero-order valence-corrected chi connectivity index (χ0v) is 13.7. The minimum absolute atomic E-state index is 0.0781. The Kier molecular flexibility index (Phi) is 4.24. The number of aromatic nitrogens is 2. The van der Waals surface area contributed by atoms with E-state index in [2.05, 4.69) is 14.7 Å². The van der Waals surface area contributed by atoms with Gasteiger partial charge >= 0.3 is 5.97 Å². The average molecular weight is 340 g/mol. The highest BCUT2D eigenvalue weighted by molar-refractivity contribution is 7.90. The first-order chi connectivity index (χ1) is 10.8. The SMILES string of the molecule is Cc1cc(C(=O)O)nc(N2CCC(S(=O)(=O)NCC3CC3)C2)n1. The van der Waals surface area contributed by atoms with E-state index in [1.54, 1.807) is 11.8 Å². The topological polar surface area (TPSA) is 112 Å². The van der Waals surface area contributed by atoms with Crippen molar-refractivity contribution in [2.24, 2.45) is 5.92 Å². The van der Waals surface area contributed by atoms with E-state index in [9.17, 15) is 13.2 Å². The van der Waals surface area contributed by atoms with Crippen molar-refractivity contribution in [2.75, 3.05) is 24.5 Å². The van der Waals surface area contributed by atoms with Gasteiger partial charge in [0.2, 0.25) is 16.0 Å². The molecule has 3 rings (SSSR count). The summed E-state index contributed by atoms with van der Waals surface area (Å²) in [5.41, 5.74) is 0.469. The van der Waals surface area contributed by atoms with Gasteiger partial charge in [0.1, 0.15) is 0 Å². The molecular formula is C14H20N4O4S. The van der Waals surface area contributed by atoms with Gasteiger partial charge in [-0.05, 0) is 38.2 Å². The first-order valence-electron chi connectivity index (χ1n) is 7.67. The smallest absolute Gasteiger partial charge is 0.354 e. The van der Waals surface area contributed by atoms with Crippen molar-refractivity contribution in [1.82, 2.24) is 14.7 Å². The first-order valence-corrected chi connectivity index (χ1v) is 9.22. The summed E-state index contributed by atoms with van der Waals surface area (Å²) in [4.78, 5) is 21.1. The Bertz CT molecular complexity index is 717. The summed E-state index contributed by atoms with van der Waals surface area (Å²) in [7, 11) is -3.36. The van der Waals surface area contributed by atoms with E-state index in [4.69, 9.17) is 5.11 Å². The summed E-state index contributed by atoms with van der Waals surface area (Å²) in [5.74, 6) is -0.353. The average Bonchev–Trinajstić information content (AvgIpc) is 3.18. The maximum atomic E-state index is 12.3. The molecule has 1 unspecified atom stereocenters. The van der Waals surface area contributed by atoms with Gasteiger partial charge in [0, 0.05) is 25.3 Å². The van der Waals surface area contributed by atoms with Crippen molar-refractivity contribution >= 4 is 21.9 Å². The van der Waals surface area contributed by atoms with Crippen LogP contribution in [-0.4, -0.2) is 54.3 Å². The number of hydrogen-bond acceptors (Lipinski definition) is 6. The number of anilines is 1. The summed E-state index contributed by atoms with van der Waals surface area (Å²) < 4.78 is 27.3. The Labute approximate surface area is 135 Å². The van der Waals surface area contributed by atoms with Crippen LogP contribution in [0.2, 0.25) is 0 Å². The van der Waals surface area contributed by atoms with Crippen LogP contribution in [0.5, 0.6) is 0 Å². The number of hydrogen-bond donors (Lipinski definition) is 2. The van der Waals surface area contributed by atoms with Crippen LogP contribution in [0.15, 0.2) is 6.07 Å². The van der Waals surface area contributed by atoms with Crippen LogP contribution in [0.4, 0.5) is 5.95 Å². The van der Waals surface area contributed by atoms with Gasteiger partial charge in [-0.25, -0.2) is 27.9 Å². The molecular weight excluding hydrogens is 320 g/mol. The number of rotatable bonds is 6. The summed E-state index contributed by atoms with van der Waals surface area (Å²) in [5, 5.41) is 8.56. The zero-order valence-electron chi connectivity index (χ0n) is 12.9. The molecule has 1 aromatic heterocycles. The van der Waals surface area contributed by atoms with Gasteiger partial charge < -0.3 is 10.0 Å². The molecule has 0 amide bonds. The second-order valence-electron chi connectivity index (χ2n) is 6.19. The Morgan fingerprint density at radius 3 is 2.78 bits per heavy atom. The van der Waals surface area contributed by atoms with Gasteiger partial charge in [0.05, 0.1) is 5.25 Å². The predicted octanol–water partition coefficient (Wildman–Crippen LogP) is 0.391. The Morgan fingerprint density at radius 1 is 1.39 bits per heavy atom. The van der Waals surface area contributed by atoms with E-state index in [-0.39, 0.29) is 18.2 Å². The molecule has 1 saturated heterocycles. The van der Waals surface area contributed by atoms with Gasteiger partial charge in [-0.15, -0.1) is 0 Å². The lowest BCUT2D eigenvalue weighted by molar-refractivity contribution is 0.0690. The molecule has 8 nitrogen and oxygen atoms in total. The second kappa shape index (κ2) is 6.04. The van der Waals surface area contributed by atoms with Crippen LogP contribution in [0.25, 0.3) is 0 Å². The Hall–Kier alpha value is -1.74. The third-order valence-electron chi connectivity index (χ3n) is 4.20. The van der Waals surface area contributed by atoms with Crippen molar-refractivity contribution in [1.29, 1.82) is 0 Å². The van der Waals surface area contributed by atoms with Crippen LogP contribution >= 0.6 is 0 Å². The molecule has 0 bridgehead atoms. The van der Waals surface area contributed by atoms with Gasteiger partial charge in [-0.1, -0.05) is 0 Å². The number of carboxylic acids is 1. The fourth-order valence-corrected chi connectivity index (χ4v) is 4.14. The molecule has 0 radical (unpaired) electrons. The van der Waals surface area contributed by atoms with Crippen molar-refractivity contribution in [3.05, 3.63) is 17.5 Å². The number of sulfonamides is 1. The predicted molar refractivity (Wildman–Crippen MR) is 84.0 cm³/mol. The molecule has 1 aliphatic heterocycles. The second-order valence-corrected chi connectivity index (χ2v) is 8.24. The van der Waals surface area contributed by atoms with Gasteiger partial charge in [0.25, 0.3) is 0 Å². The molecule has 0 aromatic carbocycles. The number of aryl methyl sites for hydroxylation is 1. The summed E-state index contributed by atoms with van der Waals surface area (Å²) in [6, 6.07) is 1.40. The number of aromatic carboxylic acids is 1. The van der Waals surface area contributed by atoms with Crippen LogP contribution in [-0.2, 0) is 10.0 Å². The van der Waals surface area contributed by atoms with Crippen LogP contribution in [0, 0.1) is 12.8 Å². The molecule has 1 aromatic rings. The molecule has 1 aliphatic carbocycles. The van der Waals surface area contributed by atoms with Crippen molar-refractivity contribution in [2.45, 2.75) is 31.4 Å². The number of carbonyl (C=O) groups is 1. The third-order valence-corrected chi connectivity index (χ3v) is 6.03. The monoisotopic (exact) mass is 340 g/mol. The van der Waals surface area contributed by atoms with Gasteiger partial charge in [0.15, 0.2) is 5.69 Å². The van der Waals surface area contributed by atoms with Crippen LogP contribution in [0.1, 0.15) is 35.4 Å². The summed E-state index contributed by atoms with van der Waals surface area (Å²) >= 11 is 0. The Balaban J connectivity index is 1.70. The largest absolute Gasteiger partial charge is 0.477 e. The highest BCUT2D eigenvalue weighted by atomic mass is 32.2. The van der Waals surface area contributed by atoms with E-state index >= 15 is 0 Å². The minimum atomic E-state index is -3.36. The van der Waals surface area contributed by atoms with E-state index in [1.165, 1.54) is 6.07 Å². The normalized spacial score (nSPS) is 21.6.